The molecule has 0 bridgehead atoms. The van der Waals surface area contributed by atoms with E-state index in [2.05, 4.69) is 25.0 Å². The lowest BCUT2D eigenvalue weighted by Crippen LogP contribution is -2.47. The van der Waals surface area contributed by atoms with Gasteiger partial charge in [-0.15, -0.1) is 0 Å². The molecule has 2 saturated heterocycles. The van der Waals surface area contributed by atoms with Crippen LogP contribution in [0.4, 0.5) is 0 Å². The maximum atomic E-state index is 3.32. The van der Waals surface area contributed by atoms with Gasteiger partial charge in [-0.3, -0.25) is 5.43 Å². The van der Waals surface area contributed by atoms with Crippen LogP contribution in [-0.4, -0.2) is 32.9 Å². The van der Waals surface area contributed by atoms with Crippen LogP contribution < -0.4 is 5.43 Å². The summed E-state index contributed by atoms with van der Waals surface area (Å²) < 4.78 is 0. The fourth-order valence-electron chi connectivity index (χ4n) is 1.55. The van der Waals surface area contributed by atoms with Crippen LogP contribution >= 0.6 is 0 Å². The van der Waals surface area contributed by atoms with Crippen molar-refractivity contribution in [3.05, 3.63) is 0 Å². The number of hydrogen-bond acceptors (Lipinski definition) is 2. The summed E-state index contributed by atoms with van der Waals surface area (Å²) in [5.41, 5.74) is 3.32. The van der Waals surface area contributed by atoms with E-state index in [1.807, 2.05) is 0 Å². The van der Waals surface area contributed by atoms with Gasteiger partial charge in [-0.1, -0.05) is 12.4 Å². The predicted octanol–water partition coefficient (Wildman–Crippen LogP) is -0.532. The normalized spacial score (nSPS) is 26.9. The molecule has 2 rings (SSSR count). The van der Waals surface area contributed by atoms with Crippen molar-refractivity contribution in [3.63, 3.8) is 0 Å². The van der Waals surface area contributed by atoms with Crippen LogP contribution in [0.2, 0.25) is 18.8 Å². The standard InChI is InChI=1S/C4H9B3N2/c1-2-8-9-6-3-5-4-7(1)9/h8H,1-4H2. The summed E-state index contributed by atoms with van der Waals surface area (Å²) in [7, 11) is 4.59. The molecule has 0 amide bonds. The highest BCUT2D eigenvalue weighted by Gasteiger charge is 2.30. The van der Waals surface area contributed by atoms with Gasteiger partial charge in [0, 0.05) is 6.54 Å². The molecule has 44 valence electrons. The summed E-state index contributed by atoms with van der Waals surface area (Å²) in [5, 5.41) is 0. The molecule has 1 N–H and O–H groups in total. The van der Waals surface area contributed by atoms with Crippen LogP contribution in [0.15, 0.2) is 0 Å². The van der Waals surface area contributed by atoms with Gasteiger partial charge in [0.25, 0.3) is 0 Å². The third-order valence-corrected chi connectivity index (χ3v) is 2.07. The first-order chi connectivity index (χ1) is 4.47. The van der Waals surface area contributed by atoms with Gasteiger partial charge in [-0.05, 0) is 6.32 Å². The SMILES string of the molecule is [B]1C[B]N2NCCB2C1. The maximum Gasteiger partial charge on any atom is 0.219 e. The summed E-state index contributed by atoms with van der Waals surface area (Å²) in [5.74, 6) is 0. The Hall–Kier alpha value is 0.115. The van der Waals surface area contributed by atoms with E-state index in [1.54, 1.807) is 0 Å². The highest BCUT2D eigenvalue weighted by Crippen LogP contribution is 2.13. The Kier molecular flexibility index (Phi) is 1.56. The smallest absolute Gasteiger partial charge is 0.219 e. The lowest BCUT2D eigenvalue weighted by atomic mass is 9.34. The number of hydrazine groups is 1. The number of rotatable bonds is 0. The van der Waals surface area contributed by atoms with Crippen molar-refractivity contribution >= 4 is 21.5 Å². The zero-order chi connectivity index (χ0) is 6.10. The number of fused-ring (bicyclic) bond motifs is 1. The molecule has 2 aliphatic heterocycles. The van der Waals surface area contributed by atoms with E-state index >= 15 is 0 Å². The van der Waals surface area contributed by atoms with E-state index in [9.17, 15) is 0 Å². The Morgan fingerprint density at radius 1 is 1.56 bits per heavy atom. The Labute approximate surface area is 57.9 Å². The molecule has 0 aromatic rings. The minimum absolute atomic E-state index is 0.777. The minimum atomic E-state index is 0.777. The molecule has 2 radical (unpaired) electrons. The van der Waals surface area contributed by atoms with Crippen molar-refractivity contribution in [1.29, 1.82) is 0 Å². The van der Waals surface area contributed by atoms with Crippen LogP contribution in [0.5, 0.6) is 0 Å². The minimum Gasteiger partial charge on any atom is -0.327 e. The molecule has 0 aromatic heterocycles. The van der Waals surface area contributed by atoms with Crippen molar-refractivity contribution in [2.75, 3.05) is 6.54 Å². The summed E-state index contributed by atoms with van der Waals surface area (Å²) in [4.78, 5) is 2.26. The summed E-state index contributed by atoms with van der Waals surface area (Å²) in [6.07, 6.45) is 3.72. The van der Waals surface area contributed by atoms with Crippen LogP contribution in [0.25, 0.3) is 0 Å². The second-order valence-electron chi connectivity index (χ2n) is 2.70. The number of hydrogen-bond donors (Lipinski definition) is 1. The molecule has 0 saturated carbocycles. The van der Waals surface area contributed by atoms with Gasteiger partial charge in [0.15, 0.2) is 0 Å². The molecular formula is C4H9B3N2. The molecule has 2 heterocycles. The van der Waals surface area contributed by atoms with E-state index in [0.717, 1.165) is 19.6 Å². The Morgan fingerprint density at radius 2 is 2.56 bits per heavy atom. The van der Waals surface area contributed by atoms with Gasteiger partial charge in [0.2, 0.25) is 14.3 Å². The van der Waals surface area contributed by atoms with E-state index < -0.39 is 0 Å². The molecule has 2 nitrogen and oxygen atoms in total. The third kappa shape index (κ3) is 1.04. The average molecular weight is 118 g/mol. The molecule has 0 aromatic carbocycles. The second kappa shape index (κ2) is 2.39. The highest BCUT2D eigenvalue weighted by molar-refractivity contribution is 6.80. The Balaban J connectivity index is 1.97. The van der Waals surface area contributed by atoms with Gasteiger partial charge >= 0.3 is 0 Å². The van der Waals surface area contributed by atoms with Crippen molar-refractivity contribution in [3.8, 4) is 0 Å². The van der Waals surface area contributed by atoms with Gasteiger partial charge < -0.3 is 4.83 Å². The fourth-order valence-corrected chi connectivity index (χ4v) is 1.55. The van der Waals surface area contributed by atoms with Crippen molar-refractivity contribution in [2.24, 2.45) is 0 Å². The second-order valence-corrected chi connectivity index (χ2v) is 2.70. The van der Waals surface area contributed by atoms with Gasteiger partial charge in [-0.25, -0.2) is 0 Å². The molecule has 2 aliphatic rings. The zero-order valence-electron chi connectivity index (χ0n) is 5.51. The van der Waals surface area contributed by atoms with Gasteiger partial charge in [0.05, 0.1) is 7.28 Å². The first-order valence-corrected chi connectivity index (χ1v) is 3.63. The first-order valence-electron chi connectivity index (χ1n) is 3.63. The largest absolute Gasteiger partial charge is 0.327 e. The van der Waals surface area contributed by atoms with Crippen molar-refractivity contribution in [1.82, 2.24) is 10.3 Å². The first kappa shape index (κ1) is 5.87. The number of nitrogens with zero attached hydrogens (tertiary/aromatic N) is 1. The molecule has 0 atom stereocenters. The van der Waals surface area contributed by atoms with Crippen molar-refractivity contribution < 1.29 is 0 Å². The molecule has 5 heteroatoms. The van der Waals surface area contributed by atoms with Crippen LogP contribution in [0.1, 0.15) is 0 Å². The molecule has 0 spiro atoms. The Bertz CT molecular complexity index is 98.0. The van der Waals surface area contributed by atoms with Gasteiger partial charge in [0.1, 0.15) is 0 Å². The molecular weight excluding hydrogens is 108 g/mol. The van der Waals surface area contributed by atoms with Crippen LogP contribution in [0, 0.1) is 0 Å². The summed E-state index contributed by atoms with van der Waals surface area (Å²) in [6.45, 7) is 1.94. The van der Waals surface area contributed by atoms with Crippen LogP contribution in [0.3, 0.4) is 0 Å². The fraction of sp³-hybridized carbons (Fsp3) is 1.00. The van der Waals surface area contributed by atoms with E-state index in [1.165, 1.54) is 12.5 Å². The average Bonchev–Trinajstić information content (AvgIpc) is 2.33. The molecule has 2 fully saturated rings. The van der Waals surface area contributed by atoms with Crippen LogP contribution in [-0.2, 0) is 0 Å². The molecule has 0 aliphatic carbocycles. The van der Waals surface area contributed by atoms with Gasteiger partial charge in [-0.2, -0.15) is 0 Å². The van der Waals surface area contributed by atoms with Crippen molar-refractivity contribution in [2.45, 2.75) is 18.8 Å². The lowest BCUT2D eigenvalue weighted by molar-refractivity contribution is 0.541. The lowest BCUT2D eigenvalue weighted by Gasteiger charge is -2.25. The predicted molar refractivity (Wildman–Crippen MR) is 41.5 cm³/mol. The molecule has 0 unspecified atom stereocenters. The maximum absolute atomic E-state index is 3.32. The summed E-state index contributed by atoms with van der Waals surface area (Å²) >= 11 is 0. The van der Waals surface area contributed by atoms with E-state index in [0.29, 0.717) is 0 Å². The molecule has 9 heavy (non-hydrogen) atoms. The summed E-state index contributed by atoms with van der Waals surface area (Å²) in [6, 6.07) is 0. The van der Waals surface area contributed by atoms with E-state index in [-0.39, 0.29) is 0 Å². The monoisotopic (exact) mass is 118 g/mol. The quantitative estimate of drug-likeness (QED) is 0.429. The number of nitrogens with one attached hydrogen (secondary N) is 1. The van der Waals surface area contributed by atoms with E-state index in [4.69, 9.17) is 0 Å². The zero-order valence-corrected chi connectivity index (χ0v) is 5.51. The topological polar surface area (TPSA) is 15.3 Å². The third-order valence-electron chi connectivity index (χ3n) is 2.07. The Morgan fingerprint density at radius 3 is 3.44 bits per heavy atom. The highest BCUT2D eigenvalue weighted by atomic mass is 15.4.